The van der Waals surface area contributed by atoms with Gasteiger partial charge in [0.15, 0.2) is 0 Å². The number of rotatable bonds is 5. The van der Waals surface area contributed by atoms with Gasteiger partial charge in [-0.05, 0) is 50.1 Å². The van der Waals surface area contributed by atoms with Crippen molar-refractivity contribution in [2.75, 3.05) is 19.6 Å². The molecule has 2 aromatic carbocycles. The fourth-order valence-corrected chi connectivity index (χ4v) is 4.87. The summed E-state index contributed by atoms with van der Waals surface area (Å²) < 4.78 is 1.37. The lowest BCUT2D eigenvalue weighted by atomic mass is 10.0. The number of likely N-dealkylation sites (tertiary alicyclic amines) is 1. The number of thiophene rings is 1. The van der Waals surface area contributed by atoms with Crippen LogP contribution >= 0.6 is 11.3 Å². The van der Waals surface area contributed by atoms with Crippen LogP contribution in [-0.4, -0.2) is 24.5 Å². The van der Waals surface area contributed by atoms with Crippen LogP contribution in [0, 0.1) is 0 Å². The van der Waals surface area contributed by atoms with Crippen LogP contribution in [0.15, 0.2) is 60.7 Å². The Balaban J connectivity index is 1.57. The molecule has 0 N–H and O–H groups in total. The molecular weight excluding hydrogens is 322 g/mol. The second-order valence-electron chi connectivity index (χ2n) is 6.80. The molecule has 0 amide bonds. The summed E-state index contributed by atoms with van der Waals surface area (Å²) in [5.74, 6) is 0. The standard InChI is InChI=1S/C23H25NS/c1-3-11-19(12-4-1)23-20-13-5-6-14-21(20)25-22(23)15-7-10-18-24-16-8-2-9-17-24/h1,3-7,11-15H,2,8-10,16-18H2/b15-7+. The first kappa shape index (κ1) is 16.6. The Morgan fingerprint density at radius 2 is 1.64 bits per heavy atom. The average molecular weight is 348 g/mol. The molecule has 25 heavy (non-hydrogen) atoms. The van der Waals surface area contributed by atoms with Gasteiger partial charge in [0.1, 0.15) is 0 Å². The van der Waals surface area contributed by atoms with Gasteiger partial charge in [-0.2, -0.15) is 0 Å². The van der Waals surface area contributed by atoms with Crippen molar-refractivity contribution >= 4 is 27.5 Å². The molecule has 0 spiro atoms. The van der Waals surface area contributed by atoms with Crippen LogP contribution in [0.1, 0.15) is 30.6 Å². The fraction of sp³-hybridized carbons (Fsp3) is 0.304. The smallest absolute Gasteiger partial charge is 0.0358 e. The van der Waals surface area contributed by atoms with E-state index < -0.39 is 0 Å². The van der Waals surface area contributed by atoms with Crippen molar-refractivity contribution in [1.82, 2.24) is 4.90 Å². The van der Waals surface area contributed by atoms with E-state index in [1.54, 1.807) is 0 Å². The number of piperidine rings is 1. The Hall–Kier alpha value is -1.90. The summed E-state index contributed by atoms with van der Waals surface area (Å²) in [5.41, 5.74) is 2.70. The highest BCUT2D eigenvalue weighted by Gasteiger charge is 2.12. The monoisotopic (exact) mass is 347 g/mol. The molecule has 4 rings (SSSR count). The average Bonchev–Trinajstić information content (AvgIpc) is 3.05. The molecule has 0 aliphatic carbocycles. The summed E-state index contributed by atoms with van der Waals surface area (Å²) in [6.07, 6.45) is 10.0. The molecule has 1 saturated heterocycles. The summed E-state index contributed by atoms with van der Waals surface area (Å²) in [5, 5.41) is 1.37. The lowest BCUT2D eigenvalue weighted by Crippen LogP contribution is -2.30. The van der Waals surface area contributed by atoms with Gasteiger partial charge in [-0.3, -0.25) is 0 Å². The van der Waals surface area contributed by atoms with E-state index >= 15 is 0 Å². The largest absolute Gasteiger partial charge is 0.303 e. The van der Waals surface area contributed by atoms with E-state index in [2.05, 4.69) is 71.6 Å². The molecule has 1 aliphatic heterocycles. The van der Waals surface area contributed by atoms with E-state index in [0.29, 0.717) is 0 Å². The maximum Gasteiger partial charge on any atom is 0.0358 e. The zero-order valence-electron chi connectivity index (χ0n) is 14.7. The van der Waals surface area contributed by atoms with Crippen LogP contribution in [0.4, 0.5) is 0 Å². The van der Waals surface area contributed by atoms with Gasteiger partial charge in [0.05, 0.1) is 0 Å². The molecule has 0 atom stereocenters. The van der Waals surface area contributed by atoms with Gasteiger partial charge >= 0.3 is 0 Å². The summed E-state index contributed by atoms with van der Waals surface area (Å²) >= 11 is 1.90. The molecule has 0 unspecified atom stereocenters. The molecular formula is C23H25NS. The molecule has 1 nitrogen and oxygen atoms in total. The van der Waals surface area contributed by atoms with E-state index in [-0.39, 0.29) is 0 Å². The molecule has 1 aromatic heterocycles. The topological polar surface area (TPSA) is 3.24 Å². The second-order valence-corrected chi connectivity index (χ2v) is 7.88. The first-order valence-corrected chi connectivity index (χ1v) is 10.2. The van der Waals surface area contributed by atoms with Crippen LogP contribution < -0.4 is 0 Å². The first-order valence-electron chi connectivity index (χ1n) is 9.38. The summed E-state index contributed by atoms with van der Waals surface area (Å²) in [7, 11) is 0. The Labute approximate surface area is 154 Å². The van der Waals surface area contributed by atoms with Crippen molar-refractivity contribution in [3.05, 3.63) is 65.6 Å². The van der Waals surface area contributed by atoms with Crippen LogP contribution in [0.5, 0.6) is 0 Å². The zero-order valence-corrected chi connectivity index (χ0v) is 15.5. The quantitative estimate of drug-likeness (QED) is 0.512. The molecule has 1 fully saturated rings. The van der Waals surface area contributed by atoms with E-state index in [9.17, 15) is 0 Å². The predicted octanol–water partition coefficient (Wildman–Crippen LogP) is 6.46. The minimum Gasteiger partial charge on any atom is -0.303 e. The molecule has 1 aliphatic rings. The highest BCUT2D eigenvalue weighted by Crippen LogP contribution is 2.39. The number of hydrogen-bond donors (Lipinski definition) is 0. The van der Waals surface area contributed by atoms with E-state index in [4.69, 9.17) is 0 Å². The molecule has 2 heterocycles. The Kier molecular flexibility index (Phi) is 5.29. The SMILES string of the molecule is C(=C\c1sc2ccccc2c1-c1ccccc1)/CCN1CCCCC1. The van der Waals surface area contributed by atoms with Crippen molar-refractivity contribution < 1.29 is 0 Å². The van der Waals surface area contributed by atoms with Gasteiger partial charge in [-0.1, -0.05) is 61.0 Å². The number of hydrogen-bond acceptors (Lipinski definition) is 2. The third kappa shape index (κ3) is 3.86. The van der Waals surface area contributed by atoms with Crippen LogP contribution in [0.3, 0.4) is 0 Å². The maximum atomic E-state index is 2.61. The van der Waals surface area contributed by atoms with Gasteiger partial charge in [-0.25, -0.2) is 0 Å². The summed E-state index contributed by atoms with van der Waals surface area (Å²) in [4.78, 5) is 3.99. The highest BCUT2D eigenvalue weighted by molar-refractivity contribution is 7.20. The van der Waals surface area contributed by atoms with Gasteiger partial charge in [0, 0.05) is 27.1 Å². The lowest BCUT2D eigenvalue weighted by molar-refractivity contribution is 0.233. The minimum absolute atomic E-state index is 1.14. The molecule has 3 aromatic rings. The third-order valence-electron chi connectivity index (χ3n) is 5.02. The van der Waals surface area contributed by atoms with Gasteiger partial charge in [0.2, 0.25) is 0 Å². The predicted molar refractivity (Wildman–Crippen MR) is 111 cm³/mol. The molecule has 0 radical (unpaired) electrons. The van der Waals surface area contributed by atoms with Crippen LogP contribution in [0.2, 0.25) is 0 Å². The van der Waals surface area contributed by atoms with Crippen molar-refractivity contribution in [2.45, 2.75) is 25.7 Å². The Morgan fingerprint density at radius 3 is 2.48 bits per heavy atom. The van der Waals surface area contributed by atoms with Crippen LogP contribution in [-0.2, 0) is 0 Å². The molecule has 0 saturated carbocycles. The number of nitrogens with zero attached hydrogens (tertiary/aromatic N) is 1. The van der Waals surface area contributed by atoms with Gasteiger partial charge in [-0.15, -0.1) is 11.3 Å². The maximum absolute atomic E-state index is 2.61. The Morgan fingerprint density at radius 1 is 0.880 bits per heavy atom. The van der Waals surface area contributed by atoms with E-state index in [1.807, 2.05) is 11.3 Å². The van der Waals surface area contributed by atoms with Gasteiger partial charge in [0.25, 0.3) is 0 Å². The molecule has 128 valence electrons. The molecule has 0 bridgehead atoms. The second kappa shape index (κ2) is 7.99. The van der Waals surface area contributed by atoms with Crippen LogP contribution in [0.25, 0.3) is 27.3 Å². The van der Waals surface area contributed by atoms with E-state index in [1.165, 1.54) is 65.0 Å². The fourth-order valence-electron chi connectivity index (χ4n) is 3.71. The molecule has 2 heteroatoms. The number of benzene rings is 2. The highest BCUT2D eigenvalue weighted by atomic mass is 32.1. The number of fused-ring (bicyclic) bond motifs is 1. The van der Waals surface area contributed by atoms with Crippen molar-refractivity contribution in [2.24, 2.45) is 0 Å². The van der Waals surface area contributed by atoms with Crippen molar-refractivity contribution in [3.63, 3.8) is 0 Å². The van der Waals surface area contributed by atoms with E-state index in [0.717, 1.165) is 6.42 Å². The third-order valence-corrected chi connectivity index (χ3v) is 6.15. The lowest BCUT2D eigenvalue weighted by Gasteiger charge is -2.25. The zero-order chi connectivity index (χ0) is 16.9. The van der Waals surface area contributed by atoms with Crippen molar-refractivity contribution in [1.29, 1.82) is 0 Å². The Bertz CT molecular complexity index is 841. The first-order chi connectivity index (χ1) is 12.4. The van der Waals surface area contributed by atoms with Gasteiger partial charge < -0.3 is 4.90 Å². The van der Waals surface area contributed by atoms with Crippen molar-refractivity contribution in [3.8, 4) is 11.1 Å². The summed E-state index contributed by atoms with van der Waals surface area (Å²) in [6, 6.07) is 19.6. The minimum atomic E-state index is 1.14. The normalized spacial score (nSPS) is 16.0. The summed E-state index contributed by atoms with van der Waals surface area (Å²) in [6.45, 7) is 3.76.